The van der Waals surface area contributed by atoms with Crippen molar-refractivity contribution >= 4 is 94.9 Å². The molecular formula is C39H21N7S4. The Morgan fingerprint density at radius 2 is 1.18 bits per heavy atom. The minimum Gasteiger partial charge on any atom is -0.236 e. The van der Waals surface area contributed by atoms with Gasteiger partial charge in [0.05, 0.1) is 72.0 Å². The van der Waals surface area contributed by atoms with Crippen molar-refractivity contribution in [2.75, 3.05) is 0 Å². The van der Waals surface area contributed by atoms with Crippen LogP contribution in [0, 0.1) is 80.6 Å². The number of isothiocyanates is 2. The predicted octanol–water partition coefficient (Wildman–Crippen LogP) is 10.4. The second-order valence-corrected chi connectivity index (χ2v) is 12.9. The average molecular weight is 716 g/mol. The van der Waals surface area contributed by atoms with Crippen molar-refractivity contribution in [2.24, 2.45) is 9.98 Å². The first kappa shape index (κ1) is 35.2. The fourth-order valence-corrected chi connectivity index (χ4v) is 7.06. The van der Waals surface area contributed by atoms with E-state index in [0.29, 0.717) is 21.8 Å². The van der Waals surface area contributed by atoms with E-state index in [2.05, 4.69) is 95.4 Å². The number of aliphatic imine (C=N–C) groups is 2. The van der Waals surface area contributed by atoms with E-state index >= 15 is 0 Å². The second-order valence-electron chi connectivity index (χ2n) is 10.6. The number of aromatic nitrogens is 2. The van der Waals surface area contributed by atoms with E-state index in [9.17, 15) is 10.5 Å². The fourth-order valence-electron chi connectivity index (χ4n) is 4.87. The first-order valence-electron chi connectivity index (χ1n) is 14.6. The van der Waals surface area contributed by atoms with Crippen molar-refractivity contribution in [3.63, 3.8) is 0 Å². The molecule has 236 valence electrons. The highest BCUT2D eigenvalue weighted by Crippen LogP contribution is 2.37. The van der Waals surface area contributed by atoms with Crippen molar-refractivity contribution in [3.05, 3.63) is 121 Å². The minimum absolute atomic E-state index is 0.372. The molecule has 50 heavy (non-hydrogen) atoms. The third kappa shape index (κ3) is 7.60. The van der Waals surface area contributed by atoms with Gasteiger partial charge in [-0.25, -0.2) is 14.8 Å². The Bertz CT molecular complexity index is 2620. The van der Waals surface area contributed by atoms with Gasteiger partial charge in [-0.3, -0.25) is 0 Å². The van der Waals surface area contributed by atoms with Crippen LogP contribution in [0.4, 0.5) is 17.1 Å². The molecule has 7 nitrogen and oxygen atoms in total. The molecule has 0 aliphatic rings. The maximum atomic E-state index is 9.38. The highest BCUT2D eigenvalue weighted by Gasteiger charge is 2.18. The summed E-state index contributed by atoms with van der Waals surface area (Å²) in [5.41, 5.74) is 9.82. The van der Waals surface area contributed by atoms with Gasteiger partial charge < -0.3 is 0 Å². The second kappa shape index (κ2) is 15.8. The van der Waals surface area contributed by atoms with Crippen molar-refractivity contribution in [1.82, 2.24) is 9.97 Å². The topological polar surface area (TPSA) is 102 Å². The van der Waals surface area contributed by atoms with E-state index in [1.54, 1.807) is 0 Å². The lowest BCUT2D eigenvalue weighted by Gasteiger charge is -2.05. The van der Waals surface area contributed by atoms with Crippen LogP contribution >= 0.6 is 47.1 Å². The van der Waals surface area contributed by atoms with Crippen LogP contribution in [0.1, 0.15) is 54.5 Å². The summed E-state index contributed by atoms with van der Waals surface area (Å²) in [6, 6.07) is 21.0. The molecule has 0 saturated heterocycles. The van der Waals surface area contributed by atoms with E-state index in [1.807, 2.05) is 82.3 Å². The molecule has 0 radical (unpaired) electrons. The molecule has 0 spiro atoms. The molecule has 0 atom stereocenters. The average Bonchev–Trinajstić information content (AvgIpc) is 3.77. The van der Waals surface area contributed by atoms with Crippen molar-refractivity contribution in [2.45, 2.75) is 27.7 Å². The maximum Gasteiger partial charge on any atom is 0.209 e. The molecule has 4 aromatic carbocycles. The number of rotatable bonds is 2. The molecule has 2 heterocycles. The molecule has 11 heteroatoms. The normalized spacial score (nSPS) is 9.62. The van der Waals surface area contributed by atoms with E-state index in [-0.39, 0.29) is 0 Å². The van der Waals surface area contributed by atoms with Gasteiger partial charge in [0, 0.05) is 11.1 Å². The number of benzene rings is 4. The number of thiocarbonyl (C=S) groups is 2. The Morgan fingerprint density at radius 3 is 1.64 bits per heavy atom. The van der Waals surface area contributed by atoms with Crippen LogP contribution in [0.5, 0.6) is 0 Å². The smallest absolute Gasteiger partial charge is 0.209 e. The van der Waals surface area contributed by atoms with Crippen LogP contribution in [-0.2, 0) is 0 Å². The first-order valence-corrected chi connectivity index (χ1v) is 17.1. The zero-order chi connectivity index (χ0) is 35.8. The summed E-state index contributed by atoms with van der Waals surface area (Å²) in [6.07, 6.45) is 0. The lowest BCUT2D eigenvalue weighted by Crippen LogP contribution is -1.88. The van der Waals surface area contributed by atoms with Crippen LogP contribution in [0.25, 0.3) is 25.3 Å². The fraction of sp³-hybridized carbons (Fsp3) is 0.103. The molecular weight excluding hydrogens is 695 g/mol. The quantitative estimate of drug-likeness (QED) is 0.0765. The summed E-state index contributed by atoms with van der Waals surface area (Å²) in [6.45, 7) is 14.9. The van der Waals surface area contributed by atoms with E-state index < -0.39 is 0 Å². The molecule has 0 saturated carbocycles. The third-order valence-electron chi connectivity index (χ3n) is 7.45. The number of nitrogens with zero attached hydrogens (tertiary/aromatic N) is 7. The zero-order valence-electron chi connectivity index (χ0n) is 27.0. The Morgan fingerprint density at radius 1 is 0.680 bits per heavy atom. The number of thiazole rings is 2. The minimum atomic E-state index is 0.372. The highest BCUT2D eigenvalue weighted by molar-refractivity contribution is 7.78. The summed E-state index contributed by atoms with van der Waals surface area (Å²) in [5.74, 6) is 12.3. The SMILES string of the molecule is Cc1cc(C#N)c(C)c2sc(C#Cc3ccc(N=C=S)cc3)nc12.[C-]#[N+]c1c(C#N)c(C)c2sc(C#Cc3ccc(N=C=S)cc3)nc2c1C. The van der Waals surface area contributed by atoms with Gasteiger partial charge in [0.1, 0.15) is 0 Å². The first-order chi connectivity index (χ1) is 24.2. The van der Waals surface area contributed by atoms with E-state index in [4.69, 9.17) is 6.57 Å². The van der Waals surface area contributed by atoms with Gasteiger partial charge in [0.25, 0.3) is 0 Å². The van der Waals surface area contributed by atoms with Crippen molar-refractivity contribution in [3.8, 4) is 35.8 Å². The highest BCUT2D eigenvalue weighted by atomic mass is 32.1. The van der Waals surface area contributed by atoms with Gasteiger partial charge in [-0.2, -0.15) is 20.5 Å². The summed E-state index contributed by atoms with van der Waals surface area (Å²) in [5, 5.41) is 24.6. The monoisotopic (exact) mass is 715 g/mol. The Hall–Kier alpha value is -6.15. The number of nitriles is 2. The summed E-state index contributed by atoms with van der Waals surface area (Å²) >= 11 is 12.1. The zero-order valence-corrected chi connectivity index (χ0v) is 30.2. The number of aryl methyl sites for hydroxylation is 4. The largest absolute Gasteiger partial charge is 0.236 e. The number of fused-ring (bicyclic) bond motifs is 2. The summed E-state index contributed by atoms with van der Waals surface area (Å²) < 4.78 is 1.93. The molecule has 0 fully saturated rings. The molecule has 0 amide bonds. The molecule has 0 bridgehead atoms. The van der Waals surface area contributed by atoms with Crippen molar-refractivity contribution in [1.29, 1.82) is 10.5 Å². The number of hydrogen-bond donors (Lipinski definition) is 0. The molecule has 0 unspecified atom stereocenters. The van der Waals surface area contributed by atoms with E-state index in [1.165, 1.54) is 22.7 Å². The summed E-state index contributed by atoms with van der Waals surface area (Å²) in [7, 11) is 0. The van der Waals surface area contributed by atoms with Crippen LogP contribution in [0.2, 0.25) is 0 Å². The summed E-state index contributed by atoms with van der Waals surface area (Å²) in [4.78, 5) is 20.5. The van der Waals surface area contributed by atoms with Gasteiger partial charge in [0.2, 0.25) is 5.69 Å². The molecule has 0 aliphatic heterocycles. The van der Waals surface area contributed by atoms with Gasteiger partial charge >= 0.3 is 0 Å². The van der Waals surface area contributed by atoms with Crippen LogP contribution in [0.3, 0.4) is 0 Å². The molecule has 0 N–H and O–H groups in total. The van der Waals surface area contributed by atoms with E-state index in [0.717, 1.165) is 70.2 Å². The van der Waals surface area contributed by atoms with Crippen LogP contribution in [0.15, 0.2) is 64.6 Å². The Balaban J connectivity index is 0.000000195. The molecule has 6 aromatic rings. The molecule has 0 aliphatic carbocycles. The van der Waals surface area contributed by atoms with Crippen molar-refractivity contribution < 1.29 is 0 Å². The van der Waals surface area contributed by atoms with Gasteiger partial charge in [0.15, 0.2) is 10.0 Å². The maximum absolute atomic E-state index is 9.38. The molecule has 6 rings (SSSR count). The lowest BCUT2D eigenvalue weighted by molar-refractivity contribution is 1.36. The predicted molar refractivity (Wildman–Crippen MR) is 208 cm³/mol. The lowest BCUT2D eigenvalue weighted by atomic mass is 10.0. The molecule has 2 aromatic heterocycles. The third-order valence-corrected chi connectivity index (χ3v) is 9.82. The van der Waals surface area contributed by atoms with Crippen LogP contribution < -0.4 is 0 Å². The van der Waals surface area contributed by atoms with Gasteiger partial charge in [-0.15, -0.1) is 22.7 Å². The Kier molecular flexibility index (Phi) is 11.1. The Labute approximate surface area is 307 Å². The number of hydrogen-bond acceptors (Lipinski definition) is 10. The standard InChI is InChI=1S/C20H10N4S2.C19H11N3S2/c1-12-16(10-21)18(22-3)13(2)19-20(12)26-17(24-19)9-6-14-4-7-15(8-5-14)23-11-25;1-12-9-15(10-20)13(2)19-18(12)22-17(24-19)8-5-14-3-6-16(7-4-14)21-11-23/h4-5,7-8H,1-2H3;3-4,6-7,9H,1-2H3. The van der Waals surface area contributed by atoms with Crippen LogP contribution in [-0.4, -0.2) is 20.3 Å². The van der Waals surface area contributed by atoms with Gasteiger partial charge in [-0.05, 0) is 141 Å². The van der Waals surface area contributed by atoms with Gasteiger partial charge in [-0.1, -0.05) is 11.8 Å².